The van der Waals surface area contributed by atoms with E-state index in [1.165, 1.54) is 25.5 Å². The number of aromatic nitrogens is 1. The molecule has 1 heterocycles. The van der Waals surface area contributed by atoms with Gasteiger partial charge in [-0.1, -0.05) is 30.9 Å². The summed E-state index contributed by atoms with van der Waals surface area (Å²) in [6.07, 6.45) is 6.29. The number of nitrogens with two attached hydrogens (primary N) is 1. The van der Waals surface area contributed by atoms with Crippen LogP contribution in [0.15, 0.2) is 12.3 Å². The number of aliphatic hydroxyl groups is 1. The van der Waals surface area contributed by atoms with Crippen molar-refractivity contribution >= 4 is 17.4 Å². The van der Waals surface area contributed by atoms with Gasteiger partial charge in [-0.2, -0.15) is 0 Å². The fraction of sp³-hybridized carbons (Fsp3) is 0.643. The van der Waals surface area contributed by atoms with E-state index in [9.17, 15) is 5.11 Å². The van der Waals surface area contributed by atoms with Crippen molar-refractivity contribution < 1.29 is 9.84 Å². The van der Waals surface area contributed by atoms with Crippen LogP contribution in [0.2, 0.25) is 5.02 Å². The third kappa shape index (κ3) is 3.38. The number of halogens is 1. The summed E-state index contributed by atoms with van der Waals surface area (Å²) in [7, 11) is 1.64. The molecule has 4 nitrogen and oxygen atoms in total. The van der Waals surface area contributed by atoms with Crippen LogP contribution in [0.4, 0.5) is 5.82 Å². The molecule has 5 heteroatoms. The minimum Gasteiger partial charge on any atom is -0.386 e. The van der Waals surface area contributed by atoms with E-state index >= 15 is 0 Å². The predicted octanol–water partition coefficient (Wildman–Crippen LogP) is 2.95. The number of anilines is 1. The molecule has 19 heavy (non-hydrogen) atoms. The molecular formula is C14H21ClN2O2. The van der Waals surface area contributed by atoms with Crippen LogP contribution in [0.3, 0.4) is 0 Å². The first-order chi connectivity index (χ1) is 9.13. The number of aliphatic hydroxyl groups excluding tert-OH is 1. The van der Waals surface area contributed by atoms with Crippen LogP contribution in [0.25, 0.3) is 0 Å². The van der Waals surface area contributed by atoms with Gasteiger partial charge < -0.3 is 15.6 Å². The van der Waals surface area contributed by atoms with E-state index in [-0.39, 0.29) is 6.10 Å². The van der Waals surface area contributed by atoms with Crippen LogP contribution in [-0.2, 0) is 4.74 Å². The second-order valence-electron chi connectivity index (χ2n) is 5.17. The van der Waals surface area contributed by atoms with E-state index < -0.39 is 6.10 Å². The van der Waals surface area contributed by atoms with Gasteiger partial charge in [0.05, 0.1) is 11.1 Å². The van der Waals surface area contributed by atoms with Crippen molar-refractivity contribution in [2.24, 2.45) is 5.92 Å². The Hall–Kier alpha value is -0.840. The third-order valence-electron chi connectivity index (χ3n) is 3.93. The molecule has 2 rings (SSSR count). The lowest BCUT2D eigenvalue weighted by Crippen LogP contribution is -2.31. The topological polar surface area (TPSA) is 68.4 Å². The molecule has 1 aliphatic rings. The Morgan fingerprint density at radius 3 is 2.74 bits per heavy atom. The first kappa shape index (κ1) is 14.6. The second-order valence-corrected chi connectivity index (χ2v) is 5.61. The average molecular weight is 285 g/mol. The number of pyridine rings is 1. The quantitative estimate of drug-likeness (QED) is 0.892. The fourth-order valence-corrected chi connectivity index (χ4v) is 3.09. The highest BCUT2D eigenvalue weighted by Gasteiger charge is 2.31. The van der Waals surface area contributed by atoms with Gasteiger partial charge in [-0.3, -0.25) is 0 Å². The Morgan fingerprint density at radius 2 is 2.11 bits per heavy atom. The number of ether oxygens (including phenoxy) is 1. The lowest BCUT2D eigenvalue weighted by Gasteiger charge is -2.32. The van der Waals surface area contributed by atoms with Gasteiger partial charge in [0.2, 0.25) is 0 Å². The van der Waals surface area contributed by atoms with Crippen molar-refractivity contribution in [2.45, 2.75) is 44.3 Å². The summed E-state index contributed by atoms with van der Waals surface area (Å²) >= 11 is 5.92. The molecule has 0 saturated heterocycles. The van der Waals surface area contributed by atoms with Crippen molar-refractivity contribution in [3.63, 3.8) is 0 Å². The molecule has 2 unspecified atom stereocenters. The molecule has 1 saturated carbocycles. The first-order valence-electron chi connectivity index (χ1n) is 6.75. The van der Waals surface area contributed by atoms with Crippen molar-refractivity contribution in [2.75, 3.05) is 12.8 Å². The van der Waals surface area contributed by atoms with Gasteiger partial charge in [-0.25, -0.2) is 4.98 Å². The summed E-state index contributed by atoms with van der Waals surface area (Å²) in [4.78, 5) is 3.99. The lowest BCUT2D eigenvalue weighted by molar-refractivity contribution is -0.0557. The van der Waals surface area contributed by atoms with Gasteiger partial charge in [-0.05, 0) is 24.8 Å². The summed E-state index contributed by atoms with van der Waals surface area (Å²) < 4.78 is 5.52. The normalized spacial score (nSPS) is 20.2. The number of nitrogens with zero attached hydrogens (tertiary/aromatic N) is 1. The standard InChI is InChI=1S/C14H21ClN2O2/c1-19-13(9-5-3-2-4-6-9)12(18)11-7-10(15)8-17-14(11)16/h7-9,12-13,18H,2-6H2,1H3,(H2,16,17). The molecule has 106 valence electrons. The zero-order chi connectivity index (χ0) is 13.8. The van der Waals surface area contributed by atoms with Gasteiger partial charge in [0.25, 0.3) is 0 Å². The summed E-state index contributed by atoms with van der Waals surface area (Å²) in [5.41, 5.74) is 6.39. The molecule has 0 amide bonds. The summed E-state index contributed by atoms with van der Waals surface area (Å²) in [6.45, 7) is 0. The highest BCUT2D eigenvalue weighted by Crippen LogP contribution is 2.35. The molecule has 0 bridgehead atoms. The lowest BCUT2D eigenvalue weighted by atomic mass is 9.82. The van der Waals surface area contributed by atoms with Crippen molar-refractivity contribution in [3.8, 4) is 0 Å². The van der Waals surface area contributed by atoms with Crippen LogP contribution in [0.5, 0.6) is 0 Å². The molecule has 1 aromatic heterocycles. The Kier molecular flexibility index (Phi) is 5.02. The number of hydrogen-bond donors (Lipinski definition) is 2. The molecule has 1 aliphatic carbocycles. The van der Waals surface area contributed by atoms with Gasteiger partial charge in [0, 0.05) is 18.9 Å². The predicted molar refractivity (Wildman–Crippen MR) is 76.0 cm³/mol. The van der Waals surface area contributed by atoms with E-state index in [1.807, 2.05) is 0 Å². The van der Waals surface area contributed by atoms with Crippen LogP contribution in [-0.4, -0.2) is 23.3 Å². The number of methoxy groups -OCH3 is 1. The maximum Gasteiger partial charge on any atom is 0.129 e. The van der Waals surface area contributed by atoms with E-state index in [0.29, 0.717) is 22.3 Å². The van der Waals surface area contributed by atoms with Crippen LogP contribution < -0.4 is 5.73 Å². The minimum absolute atomic E-state index is 0.247. The zero-order valence-corrected chi connectivity index (χ0v) is 11.9. The first-order valence-corrected chi connectivity index (χ1v) is 7.13. The Balaban J connectivity index is 2.19. The summed E-state index contributed by atoms with van der Waals surface area (Å²) in [5, 5.41) is 11.0. The molecular weight excluding hydrogens is 264 g/mol. The van der Waals surface area contributed by atoms with Gasteiger partial charge >= 0.3 is 0 Å². The zero-order valence-electron chi connectivity index (χ0n) is 11.2. The molecule has 1 aromatic rings. The minimum atomic E-state index is -0.778. The number of nitrogen functional groups attached to an aromatic ring is 1. The van der Waals surface area contributed by atoms with Gasteiger partial charge in [-0.15, -0.1) is 0 Å². The number of hydrogen-bond acceptors (Lipinski definition) is 4. The van der Waals surface area contributed by atoms with Crippen molar-refractivity contribution in [1.82, 2.24) is 4.98 Å². The summed E-state index contributed by atoms with van der Waals surface area (Å²) in [6, 6.07) is 1.67. The third-order valence-corrected chi connectivity index (χ3v) is 4.14. The van der Waals surface area contributed by atoms with Crippen molar-refractivity contribution in [1.29, 1.82) is 0 Å². The van der Waals surface area contributed by atoms with Crippen LogP contribution >= 0.6 is 11.6 Å². The highest BCUT2D eigenvalue weighted by molar-refractivity contribution is 6.30. The molecule has 0 spiro atoms. The average Bonchev–Trinajstić information content (AvgIpc) is 2.43. The van der Waals surface area contributed by atoms with E-state index in [4.69, 9.17) is 22.1 Å². The maximum atomic E-state index is 10.5. The SMILES string of the molecule is COC(C1CCCCC1)C(O)c1cc(Cl)cnc1N. The maximum absolute atomic E-state index is 10.5. The molecule has 1 fully saturated rings. The molecule has 0 aromatic carbocycles. The van der Waals surface area contributed by atoms with Crippen molar-refractivity contribution in [3.05, 3.63) is 22.8 Å². The molecule has 0 radical (unpaired) electrons. The Bertz CT molecular complexity index is 422. The van der Waals surface area contributed by atoms with E-state index in [2.05, 4.69) is 4.98 Å². The molecule has 2 atom stereocenters. The fourth-order valence-electron chi connectivity index (χ4n) is 2.92. The second kappa shape index (κ2) is 6.55. The van der Waals surface area contributed by atoms with E-state index in [0.717, 1.165) is 12.8 Å². The molecule has 0 aliphatic heterocycles. The Labute approximate surface area is 118 Å². The van der Waals surface area contributed by atoms with Gasteiger partial charge in [0.15, 0.2) is 0 Å². The van der Waals surface area contributed by atoms with Crippen LogP contribution in [0.1, 0.15) is 43.8 Å². The number of rotatable bonds is 4. The van der Waals surface area contributed by atoms with E-state index in [1.54, 1.807) is 13.2 Å². The van der Waals surface area contributed by atoms with Crippen LogP contribution in [0, 0.1) is 5.92 Å². The largest absolute Gasteiger partial charge is 0.386 e. The molecule has 3 N–H and O–H groups in total. The smallest absolute Gasteiger partial charge is 0.129 e. The van der Waals surface area contributed by atoms with Gasteiger partial charge in [0.1, 0.15) is 11.9 Å². The monoisotopic (exact) mass is 284 g/mol. The highest BCUT2D eigenvalue weighted by atomic mass is 35.5. The summed E-state index contributed by atoms with van der Waals surface area (Å²) in [5.74, 6) is 0.682. The Morgan fingerprint density at radius 1 is 1.42 bits per heavy atom.